The van der Waals surface area contributed by atoms with Crippen LogP contribution in [0.5, 0.6) is 0 Å². The van der Waals surface area contributed by atoms with Gasteiger partial charge in [0.25, 0.3) is 0 Å². The second kappa shape index (κ2) is 7.72. The van der Waals surface area contributed by atoms with E-state index < -0.39 is 5.60 Å². The zero-order valence-electron chi connectivity index (χ0n) is 15.6. The Bertz CT molecular complexity index is 642. The number of nitrogens with zero attached hydrogens (tertiary/aromatic N) is 1. The van der Waals surface area contributed by atoms with E-state index in [-0.39, 0.29) is 5.54 Å². The van der Waals surface area contributed by atoms with Crippen molar-refractivity contribution in [1.82, 2.24) is 4.90 Å². The Morgan fingerprint density at radius 3 is 1.84 bits per heavy atom. The Balaban J connectivity index is 1.63. The molecule has 0 unspecified atom stereocenters. The van der Waals surface area contributed by atoms with Gasteiger partial charge >= 0.3 is 0 Å². The lowest BCUT2D eigenvalue weighted by Crippen LogP contribution is -2.52. The first-order chi connectivity index (χ1) is 12.0. The van der Waals surface area contributed by atoms with Crippen LogP contribution < -0.4 is 0 Å². The van der Waals surface area contributed by atoms with Gasteiger partial charge in [-0.25, -0.2) is 0 Å². The van der Waals surface area contributed by atoms with Crippen molar-refractivity contribution in [3.8, 4) is 0 Å². The topological polar surface area (TPSA) is 23.5 Å². The summed E-state index contributed by atoms with van der Waals surface area (Å²) in [4.78, 5) is 2.39. The molecule has 134 valence electrons. The highest BCUT2D eigenvalue weighted by Crippen LogP contribution is 2.41. The fraction of sp³-hybridized carbons (Fsp3) is 0.478. The third-order valence-corrected chi connectivity index (χ3v) is 6.16. The van der Waals surface area contributed by atoms with Crippen molar-refractivity contribution >= 4 is 0 Å². The molecule has 2 nitrogen and oxygen atoms in total. The van der Waals surface area contributed by atoms with E-state index in [9.17, 15) is 5.11 Å². The van der Waals surface area contributed by atoms with Gasteiger partial charge in [0.1, 0.15) is 0 Å². The van der Waals surface area contributed by atoms with E-state index in [1.54, 1.807) is 0 Å². The Morgan fingerprint density at radius 1 is 0.800 bits per heavy atom. The van der Waals surface area contributed by atoms with Crippen LogP contribution in [0.2, 0.25) is 0 Å². The predicted octanol–water partition coefficient (Wildman–Crippen LogP) is 4.47. The van der Waals surface area contributed by atoms with Gasteiger partial charge in [-0.1, -0.05) is 60.7 Å². The van der Waals surface area contributed by atoms with E-state index >= 15 is 0 Å². The van der Waals surface area contributed by atoms with Gasteiger partial charge in [0, 0.05) is 5.54 Å². The molecule has 1 aliphatic carbocycles. The molecule has 0 radical (unpaired) electrons. The minimum Gasteiger partial charge on any atom is -0.390 e. The van der Waals surface area contributed by atoms with Crippen molar-refractivity contribution in [3.63, 3.8) is 0 Å². The van der Waals surface area contributed by atoms with Crippen molar-refractivity contribution < 1.29 is 5.11 Å². The lowest BCUT2D eigenvalue weighted by Gasteiger charge is -2.48. The second-order valence-electron chi connectivity index (χ2n) is 7.99. The van der Waals surface area contributed by atoms with Crippen LogP contribution in [-0.2, 0) is 12.8 Å². The molecule has 0 aromatic heterocycles. The molecule has 0 aliphatic heterocycles. The molecule has 0 bridgehead atoms. The second-order valence-corrected chi connectivity index (χ2v) is 7.99. The third kappa shape index (κ3) is 4.50. The summed E-state index contributed by atoms with van der Waals surface area (Å²) in [6, 6.07) is 21.3. The van der Waals surface area contributed by atoms with Gasteiger partial charge in [0.05, 0.1) is 5.60 Å². The fourth-order valence-corrected chi connectivity index (χ4v) is 4.21. The van der Waals surface area contributed by atoms with Gasteiger partial charge in [-0.3, -0.25) is 0 Å². The van der Waals surface area contributed by atoms with Crippen LogP contribution >= 0.6 is 0 Å². The van der Waals surface area contributed by atoms with Crippen molar-refractivity contribution in [2.45, 2.75) is 56.1 Å². The van der Waals surface area contributed by atoms with Crippen molar-refractivity contribution in [3.05, 3.63) is 71.8 Å². The van der Waals surface area contributed by atoms with Crippen LogP contribution in [0.1, 0.15) is 43.2 Å². The van der Waals surface area contributed by atoms with Crippen LogP contribution in [0.25, 0.3) is 0 Å². The van der Waals surface area contributed by atoms with Crippen molar-refractivity contribution in [1.29, 1.82) is 0 Å². The van der Waals surface area contributed by atoms with Crippen molar-refractivity contribution in [2.24, 2.45) is 0 Å². The average Bonchev–Trinajstić information content (AvgIpc) is 2.64. The molecule has 0 saturated heterocycles. The maximum Gasteiger partial charge on any atom is 0.0652 e. The molecule has 25 heavy (non-hydrogen) atoms. The number of rotatable bonds is 6. The van der Waals surface area contributed by atoms with E-state index in [1.807, 2.05) is 6.07 Å². The van der Waals surface area contributed by atoms with Gasteiger partial charge < -0.3 is 10.0 Å². The lowest BCUT2D eigenvalue weighted by atomic mass is 9.69. The van der Waals surface area contributed by atoms with E-state index in [4.69, 9.17) is 0 Å². The first kappa shape index (κ1) is 18.2. The maximum absolute atomic E-state index is 11.1. The predicted molar refractivity (Wildman–Crippen MR) is 105 cm³/mol. The molecule has 0 amide bonds. The monoisotopic (exact) mass is 337 g/mol. The average molecular weight is 338 g/mol. The number of aryl methyl sites for hydroxylation is 1. The van der Waals surface area contributed by atoms with Gasteiger partial charge in [-0.05, 0) is 70.2 Å². The molecule has 2 aromatic carbocycles. The van der Waals surface area contributed by atoms with Gasteiger partial charge in [0.2, 0.25) is 0 Å². The molecule has 1 fully saturated rings. The third-order valence-electron chi connectivity index (χ3n) is 6.16. The first-order valence-corrected chi connectivity index (χ1v) is 9.49. The molecule has 3 rings (SSSR count). The van der Waals surface area contributed by atoms with E-state index in [1.165, 1.54) is 11.1 Å². The van der Waals surface area contributed by atoms with Crippen LogP contribution in [-0.4, -0.2) is 35.2 Å². The quantitative estimate of drug-likeness (QED) is 0.841. The molecular weight excluding hydrogens is 306 g/mol. The number of benzene rings is 2. The molecule has 2 heteroatoms. The maximum atomic E-state index is 11.1. The molecule has 1 aliphatic rings. The molecule has 1 saturated carbocycles. The Labute approximate surface area is 152 Å². The zero-order valence-corrected chi connectivity index (χ0v) is 15.6. The molecule has 2 aromatic rings. The highest BCUT2D eigenvalue weighted by Gasteiger charge is 2.42. The standard InChI is InChI=1S/C23H31NO/c1-24(2)22(19-21-11-7-4-8-12-21)15-17-23(25,18-16-22)14-13-20-9-5-3-6-10-20/h3-12,25H,13-19H2,1-2H3. The normalized spacial score (nSPS) is 26.7. The molecule has 0 atom stereocenters. The number of aliphatic hydroxyl groups is 1. The lowest BCUT2D eigenvalue weighted by molar-refractivity contribution is -0.0490. The number of likely N-dealkylation sites (N-methyl/N-ethyl adjacent to an activating group) is 1. The minimum absolute atomic E-state index is 0.167. The fourth-order valence-electron chi connectivity index (χ4n) is 4.21. The van der Waals surface area contributed by atoms with E-state index in [2.05, 4.69) is 73.6 Å². The summed E-state index contributed by atoms with van der Waals surface area (Å²) in [5.41, 5.74) is 2.38. The van der Waals surface area contributed by atoms with Crippen molar-refractivity contribution in [2.75, 3.05) is 14.1 Å². The van der Waals surface area contributed by atoms with Crippen LogP contribution in [0.3, 0.4) is 0 Å². The van der Waals surface area contributed by atoms with E-state index in [0.717, 1.165) is 44.9 Å². The van der Waals surface area contributed by atoms with Crippen LogP contribution in [0, 0.1) is 0 Å². The molecular formula is C23H31NO. The minimum atomic E-state index is -0.508. The van der Waals surface area contributed by atoms with Gasteiger partial charge in [-0.2, -0.15) is 0 Å². The van der Waals surface area contributed by atoms with E-state index in [0.29, 0.717) is 0 Å². The first-order valence-electron chi connectivity index (χ1n) is 9.49. The zero-order chi connectivity index (χ0) is 17.8. The summed E-state index contributed by atoms with van der Waals surface area (Å²) in [6.07, 6.45) is 6.79. The number of hydrogen-bond donors (Lipinski definition) is 1. The van der Waals surface area contributed by atoms with Gasteiger partial charge in [-0.15, -0.1) is 0 Å². The highest BCUT2D eigenvalue weighted by molar-refractivity contribution is 5.19. The number of hydrogen-bond acceptors (Lipinski definition) is 2. The SMILES string of the molecule is CN(C)C1(Cc2ccccc2)CCC(O)(CCc2ccccc2)CC1. The van der Waals surface area contributed by atoms with Crippen LogP contribution in [0.15, 0.2) is 60.7 Å². The summed E-state index contributed by atoms with van der Waals surface area (Å²) < 4.78 is 0. The molecule has 0 heterocycles. The summed E-state index contributed by atoms with van der Waals surface area (Å²) in [5, 5.41) is 11.1. The summed E-state index contributed by atoms with van der Waals surface area (Å²) >= 11 is 0. The Kier molecular flexibility index (Phi) is 5.61. The highest BCUT2D eigenvalue weighted by atomic mass is 16.3. The Hall–Kier alpha value is -1.64. The van der Waals surface area contributed by atoms with Crippen LogP contribution in [0.4, 0.5) is 0 Å². The Morgan fingerprint density at radius 2 is 1.32 bits per heavy atom. The summed E-state index contributed by atoms with van der Waals surface area (Å²) in [5.74, 6) is 0. The smallest absolute Gasteiger partial charge is 0.0652 e. The van der Waals surface area contributed by atoms with Gasteiger partial charge in [0.15, 0.2) is 0 Å². The largest absolute Gasteiger partial charge is 0.390 e. The summed E-state index contributed by atoms with van der Waals surface area (Å²) in [7, 11) is 4.38. The molecule has 0 spiro atoms. The summed E-state index contributed by atoms with van der Waals surface area (Å²) in [6.45, 7) is 0. The molecule has 1 N–H and O–H groups in total.